The standard InChI is InChI=1S/C19H30O3/c1-18-7-5-12(20)9-11(18)10-15(21)17-13-3-4-16(22)19(13,2)8-6-14(17)18/h11-15,17,20-21H,3-10H2,1-2H3/t11-,12+,13+,14+,15-,17+,18+,19-/m1/s1. The highest BCUT2D eigenvalue weighted by molar-refractivity contribution is 5.87. The second-order valence-electron chi connectivity index (χ2n) is 9.14. The lowest BCUT2D eigenvalue weighted by Crippen LogP contribution is -2.58. The van der Waals surface area contributed by atoms with Gasteiger partial charge in [0, 0.05) is 11.8 Å². The van der Waals surface area contributed by atoms with Crippen LogP contribution in [0.4, 0.5) is 0 Å². The van der Waals surface area contributed by atoms with E-state index in [1.54, 1.807) is 0 Å². The molecule has 4 fully saturated rings. The fraction of sp³-hybridized carbons (Fsp3) is 0.947. The third kappa shape index (κ3) is 1.84. The maximum Gasteiger partial charge on any atom is 0.139 e. The fourth-order valence-corrected chi connectivity index (χ4v) is 6.97. The molecule has 0 aromatic heterocycles. The molecule has 4 aliphatic carbocycles. The SMILES string of the molecule is C[C@]12CC[C@H](O)C[C@@H]1C[C@@H](O)[C@@H]1[C@@H]2CC[C@@]2(C)C(=O)CC[C@@H]12. The predicted molar refractivity (Wildman–Crippen MR) is 84.1 cm³/mol. The number of fused-ring (bicyclic) bond motifs is 5. The summed E-state index contributed by atoms with van der Waals surface area (Å²) in [5.74, 6) is 2.13. The molecule has 0 heterocycles. The van der Waals surface area contributed by atoms with Crippen molar-refractivity contribution in [2.75, 3.05) is 0 Å². The van der Waals surface area contributed by atoms with Gasteiger partial charge in [-0.3, -0.25) is 4.79 Å². The average molecular weight is 306 g/mol. The van der Waals surface area contributed by atoms with Gasteiger partial charge >= 0.3 is 0 Å². The van der Waals surface area contributed by atoms with Gasteiger partial charge < -0.3 is 10.2 Å². The van der Waals surface area contributed by atoms with Crippen molar-refractivity contribution >= 4 is 5.78 Å². The van der Waals surface area contributed by atoms with E-state index in [0.717, 1.165) is 51.4 Å². The van der Waals surface area contributed by atoms with Gasteiger partial charge in [-0.2, -0.15) is 0 Å². The summed E-state index contributed by atoms with van der Waals surface area (Å²) in [6.07, 6.45) is 7.03. The minimum absolute atomic E-state index is 0.167. The Balaban J connectivity index is 1.69. The van der Waals surface area contributed by atoms with Gasteiger partial charge in [-0.1, -0.05) is 13.8 Å². The maximum atomic E-state index is 12.4. The van der Waals surface area contributed by atoms with Crippen LogP contribution in [0.2, 0.25) is 0 Å². The van der Waals surface area contributed by atoms with Gasteiger partial charge in [0.05, 0.1) is 12.2 Å². The molecule has 2 N–H and O–H groups in total. The molecular formula is C19H30O3. The summed E-state index contributed by atoms with van der Waals surface area (Å²) in [7, 11) is 0. The topological polar surface area (TPSA) is 57.5 Å². The number of hydrogen-bond acceptors (Lipinski definition) is 3. The van der Waals surface area contributed by atoms with Crippen molar-refractivity contribution in [3.05, 3.63) is 0 Å². The van der Waals surface area contributed by atoms with Crippen molar-refractivity contribution in [1.29, 1.82) is 0 Å². The number of rotatable bonds is 0. The van der Waals surface area contributed by atoms with E-state index in [0.29, 0.717) is 29.5 Å². The van der Waals surface area contributed by atoms with Gasteiger partial charge in [0.2, 0.25) is 0 Å². The van der Waals surface area contributed by atoms with Crippen LogP contribution in [0, 0.1) is 34.5 Å². The Morgan fingerprint density at radius 2 is 1.77 bits per heavy atom. The molecular weight excluding hydrogens is 276 g/mol. The van der Waals surface area contributed by atoms with E-state index in [1.807, 2.05) is 0 Å². The van der Waals surface area contributed by atoms with Crippen molar-refractivity contribution in [2.45, 2.75) is 77.4 Å². The molecule has 0 unspecified atom stereocenters. The first-order chi connectivity index (χ1) is 10.4. The van der Waals surface area contributed by atoms with E-state index in [2.05, 4.69) is 13.8 Å². The number of carbonyl (C=O) groups is 1. The molecule has 0 radical (unpaired) electrons. The Hall–Kier alpha value is -0.410. The fourth-order valence-electron chi connectivity index (χ4n) is 6.97. The van der Waals surface area contributed by atoms with Gasteiger partial charge in [0.25, 0.3) is 0 Å². The Morgan fingerprint density at radius 1 is 1.00 bits per heavy atom. The zero-order valence-electron chi connectivity index (χ0n) is 13.9. The lowest BCUT2D eigenvalue weighted by Gasteiger charge is -2.61. The number of hydrogen-bond donors (Lipinski definition) is 2. The van der Waals surface area contributed by atoms with E-state index < -0.39 is 0 Å². The average Bonchev–Trinajstić information content (AvgIpc) is 2.77. The molecule has 4 rings (SSSR count). The van der Waals surface area contributed by atoms with E-state index >= 15 is 0 Å². The van der Waals surface area contributed by atoms with E-state index in [1.165, 1.54) is 0 Å². The molecule has 0 amide bonds. The molecule has 0 aliphatic heterocycles. The lowest BCUT2D eigenvalue weighted by molar-refractivity contribution is -0.171. The summed E-state index contributed by atoms with van der Waals surface area (Å²) in [5, 5.41) is 20.9. The highest BCUT2D eigenvalue weighted by Crippen LogP contribution is 2.65. The van der Waals surface area contributed by atoms with Crippen LogP contribution in [0.5, 0.6) is 0 Å². The summed E-state index contributed by atoms with van der Waals surface area (Å²) < 4.78 is 0. The largest absolute Gasteiger partial charge is 0.393 e. The van der Waals surface area contributed by atoms with Crippen molar-refractivity contribution in [3.8, 4) is 0 Å². The van der Waals surface area contributed by atoms with Crippen LogP contribution in [0.15, 0.2) is 0 Å². The summed E-state index contributed by atoms with van der Waals surface area (Å²) in [6, 6.07) is 0. The number of aliphatic hydroxyl groups excluding tert-OH is 2. The van der Waals surface area contributed by atoms with Crippen molar-refractivity contribution in [2.24, 2.45) is 34.5 Å². The summed E-state index contributed by atoms with van der Waals surface area (Å²) in [4.78, 5) is 12.4. The molecule has 22 heavy (non-hydrogen) atoms. The van der Waals surface area contributed by atoms with Crippen LogP contribution in [0.3, 0.4) is 0 Å². The number of ketones is 1. The summed E-state index contributed by atoms with van der Waals surface area (Å²) >= 11 is 0. The van der Waals surface area contributed by atoms with E-state index in [-0.39, 0.29) is 23.0 Å². The molecule has 3 heteroatoms. The third-order valence-electron chi connectivity index (χ3n) is 8.36. The number of Topliss-reactive ketones (excluding diaryl/α,β-unsaturated/α-hetero) is 1. The third-order valence-corrected chi connectivity index (χ3v) is 8.36. The Labute approximate surface area is 133 Å². The molecule has 4 saturated carbocycles. The minimum Gasteiger partial charge on any atom is -0.393 e. The summed E-state index contributed by atoms with van der Waals surface area (Å²) in [5.41, 5.74) is 0.0929. The molecule has 8 atom stereocenters. The maximum absolute atomic E-state index is 12.4. The normalized spacial score (nSPS) is 57.9. The molecule has 0 aromatic carbocycles. The predicted octanol–water partition coefficient (Wildman–Crippen LogP) is 2.93. The Bertz CT molecular complexity index is 489. The van der Waals surface area contributed by atoms with E-state index in [4.69, 9.17) is 0 Å². The monoisotopic (exact) mass is 306 g/mol. The second-order valence-corrected chi connectivity index (χ2v) is 9.14. The zero-order valence-corrected chi connectivity index (χ0v) is 13.9. The molecule has 124 valence electrons. The minimum atomic E-state index is -0.274. The first kappa shape index (κ1) is 15.1. The Morgan fingerprint density at radius 3 is 2.55 bits per heavy atom. The first-order valence-electron chi connectivity index (χ1n) is 9.25. The van der Waals surface area contributed by atoms with Gasteiger partial charge in [0.1, 0.15) is 5.78 Å². The smallest absolute Gasteiger partial charge is 0.139 e. The van der Waals surface area contributed by atoms with E-state index in [9.17, 15) is 15.0 Å². The summed E-state index contributed by atoms with van der Waals surface area (Å²) in [6.45, 7) is 4.57. The van der Waals surface area contributed by atoms with Crippen LogP contribution >= 0.6 is 0 Å². The van der Waals surface area contributed by atoms with Crippen LogP contribution in [0.1, 0.15) is 65.2 Å². The highest BCUT2D eigenvalue weighted by atomic mass is 16.3. The van der Waals surface area contributed by atoms with Crippen molar-refractivity contribution < 1.29 is 15.0 Å². The molecule has 0 spiro atoms. The van der Waals surface area contributed by atoms with Crippen molar-refractivity contribution in [1.82, 2.24) is 0 Å². The van der Waals surface area contributed by atoms with Gasteiger partial charge in [-0.15, -0.1) is 0 Å². The molecule has 3 nitrogen and oxygen atoms in total. The Kier molecular flexibility index (Phi) is 3.30. The van der Waals surface area contributed by atoms with Crippen molar-refractivity contribution in [3.63, 3.8) is 0 Å². The first-order valence-corrected chi connectivity index (χ1v) is 9.25. The molecule has 0 aromatic rings. The number of carbonyl (C=O) groups excluding carboxylic acids is 1. The second kappa shape index (κ2) is 4.80. The highest BCUT2D eigenvalue weighted by Gasteiger charge is 2.62. The quantitative estimate of drug-likeness (QED) is 0.723. The lowest BCUT2D eigenvalue weighted by atomic mass is 9.44. The zero-order chi connectivity index (χ0) is 15.7. The van der Waals surface area contributed by atoms with Gasteiger partial charge in [-0.25, -0.2) is 0 Å². The van der Waals surface area contributed by atoms with Crippen LogP contribution in [-0.2, 0) is 4.79 Å². The number of aliphatic hydroxyl groups is 2. The molecule has 0 bridgehead atoms. The van der Waals surface area contributed by atoms with Gasteiger partial charge in [0.15, 0.2) is 0 Å². The molecule has 0 saturated heterocycles. The van der Waals surface area contributed by atoms with Crippen LogP contribution in [0.25, 0.3) is 0 Å². The van der Waals surface area contributed by atoms with Crippen LogP contribution in [-0.4, -0.2) is 28.2 Å². The van der Waals surface area contributed by atoms with Gasteiger partial charge in [-0.05, 0) is 74.0 Å². The van der Waals surface area contributed by atoms with Crippen LogP contribution < -0.4 is 0 Å². The molecule has 4 aliphatic rings.